The normalized spacial score (nSPS) is 29.4. The molecule has 0 saturated carbocycles. The number of carbonyl (C=O) groups excluding carboxylic acids is 1. The van der Waals surface area contributed by atoms with E-state index in [-0.39, 0.29) is 5.41 Å². The Bertz CT molecular complexity index is 226. The molecule has 2 heterocycles. The Balaban J connectivity index is 1.96. The van der Waals surface area contributed by atoms with Gasteiger partial charge in [-0.05, 0) is 13.8 Å². The molecule has 1 spiro atoms. The van der Waals surface area contributed by atoms with E-state index in [4.69, 9.17) is 18.9 Å². The molecule has 5 heteroatoms. The fourth-order valence-electron chi connectivity index (χ4n) is 1.41. The summed E-state index contributed by atoms with van der Waals surface area (Å²) < 4.78 is 20.6. The summed E-state index contributed by atoms with van der Waals surface area (Å²) in [5, 5.41) is 0. The first-order valence-corrected chi connectivity index (χ1v) is 4.59. The smallest absolute Gasteiger partial charge is 0.433 e. The van der Waals surface area contributed by atoms with Gasteiger partial charge in [-0.15, -0.1) is 0 Å². The fourth-order valence-corrected chi connectivity index (χ4v) is 1.41. The second kappa shape index (κ2) is 3.10. The van der Waals surface area contributed by atoms with E-state index in [1.807, 2.05) is 13.8 Å². The molecule has 0 aliphatic carbocycles. The van der Waals surface area contributed by atoms with Crippen LogP contribution >= 0.6 is 0 Å². The van der Waals surface area contributed by atoms with Crippen molar-refractivity contribution in [2.75, 3.05) is 26.4 Å². The van der Waals surface area contributed by atoms with Gasteiger partial charge < -0.3 is 18.9 Å². The molecule has 2 saturated heterocycles. The second-order valence-electron chi connectivity index (χ2n) is 4.30. The number of cyclic esters (lactones) is 2. The van der Waals surface area contributed by atoms with Gasteiger partial charge in [0.1, 0.15) is 13.2 Å². The minimum atomic E-state index is -0.611. The summed E-state index contributed by atoms with van der Waals surface area (Å²) in [6.45, 7) is 5.31. The van der Waals surface area contributed by atoms with Gasteiger partial charge in [-0.1, -0.05) is 0 Å². The molecule has 2 rings (SSSR count). The summed E-state index contributed by atoms with van der Waals surface area (Å²) in [7, 11) is 0. The van der Waals surface area contributed by atoms with Crippen molar-refractivity contribution in [3.05, 3.63) is 0 Å². The van der Waals surface area contributed by atoms with Gasteiger partial charge in [-0.25, -0.2) is 4.79 Å². The van der Waals surface area contributed by atoms with Crippen molar-refractivity contribution in [2.45, 2.75) is 19.6 Å². The Morgan fingerprint density at radius 2 is 1.50 bits per heavy atom. The molecule has 0 unspecified atom stereocenters. The predicted octanol–water partition coefficient (Wildman–Crippen LogP) is 0.922. The molecular formula is C9H14O5. The zero-order valence-corrected chi connectivity index (χ0v) is 8.37. The van der Waals surface area contributed by atoms with Gasteiger partial charge in [-0.3, -0.25) is 0 Å². The molecule has 0 bridgehead atoms. The van der Waals surface area contributed by atoms with Crippen molar-refractivity contribution >= 4 is 6.16 Å². The zero-order chi connectivity index (χ0) is 10.2. The molecule has 2 fully saturated rings. The Hall–Kier alpha value is -0.810. The second-order valence-corrected chi connectivity index (χ2v) is 4.30. The van der Waals surface area contributed by atoms with E-state index in [9.17, 15) is 4.79 Å². The molecule has 5 nitrogen and oxygen atoms in total. The molecule has 0 N–H and O–H groups in total. The monoisotopic (exact) mass is 202 g/mol. The highest BCUT2D eigenvalue weighted by Gasteiger charge is 2.44. The van der Waals surface area contributed by atoms with Crippen molar-refractivity contribution < 1.29 is 23.7 Å². The van der Waals surface area contributed by atoms with Crippen LogP contribution in [0.25, 0.3) is 0 Å². The van der Waals surface area contributed by atoms with E-state index >= 15 is 0 Å². The lowest BCUT2D eigenvalue weighted by Gasteiger charge is -2.43. The van der Waals surface area contributed by atoms with Crippen LogP contribution in [0.1, 0.15) is 13.8 Å². The van der Waals surface area contributed by atoms with Crippen LogP contribution in [-0.2, 0) is 18.9 Å². The van der Waals surface area contributed by atoms with Crippen molar-refractivity contribution in [3.63, 3.8) is 0 Å². The number of rotatable bonds is 0. The first-order chi connectivity index (χ1) is 6.52. The molecule has 2 aliphatic rings. The van der Waals surface area contributed by atoms with Crippen LogP contribution in [0, 0.1) is 5.41 Å². The largest absolute Gasteiger partial charge is 0.508 e. The highest BCUT2D eigenvalue weighted by Crippen LogP contribution is 2.32. The third kappa shape index (κ3) is 1.83. The topological polar surface area (TPSA) is 54.0 Å². The first-order valence-electron chi connectivity index (χ1n) is 4.59. The number of hydrogen-bond acceptors (Lipinski definition) is 5. The molecule has 2 aliphatic heterocycles. The van der Waals surface area contributed by atoms with Crippen molar-refractivity contribution in [1.29, 1.82) is 0 Å². The van der Waals surface area contributed by atoms with Crippen LogP contribution in [0.3, 0.4) is 0 Å². The van der Waals surface area contributed by atoms with Gasteiger partial charge in [0.25, 0.3) is 0 Å². The zero-order valence-electron chi connectivity index (χ0n) is 8.37. The molecule has 0 radical (unpaired) electrons. The molecule has 80 valence electrons. The summed E-state index contributed by atoms with van der Waals surface area (Å²) in [4.78, 5) is 10.7. The van der Waals surface area contributed by atoms with Gasteiger partial charge in [0.05, 0.1) is 18.6 Å². The Morgan fingerprint density at radius 1 is 1.00 bits per heavy atom. The van der Waals surface area contributed by atoms with Gasteiger partial charge >= 0.3 is 6.16 Å². The maximum absolute atomic E-state index is 10.7. The van der Waals surface area contributed by atoms with Crippen LogP contribution in [0.4, 0.5) is 4.79 Å². The van der Waals surface area contributed by atoms with E-state index < -0.39 is 11.9 Å². The van der Waals surface area contributed by atoms with E-state index in [0.717, 1.165) is 0 Å². The lowest BCUT2D eigenvalue weighted by molar-refractivity contribution is -0.301. The summed E-state index contributed by atoms with van der Waals surface area (Å²) in [6, 6.07) is 0. The Morgan fingerprint density at radius 3 is 2.00 bits per heavy atom. The molecule has 0 atom stereocenters. The third-order valence-electron chi connectivity index (χ3n) is 2.44. The molecule has 0 aromatic rings. The van der Waals surface area contributed by atoms with Gasteiger partial charge in [0, 0.05) is 0 Å². The first kappa shape index (κ1) is 9.73. The highest BCUT2D eigenvalue weighted by molar-refractivity contribution is 5.60. The average Bonchev–Trinajstić information content (AvgIpc) is 2.16. The maximum Gasteiger partial charge on any atom is 0.508 e. The molecule has 14 heavy (non-hydrogen) atoms. The summed E-state index contributed by atoms with van der Waals surface area (Å²) >= 11 is 0. The van der Waals surface area contributed by atoms with E-state index in [2.05, 4.69) is 0 Å². The summed E-state index contributed by atoms with van der Waals surface area (Å²) in [5.74, 6) is -0.549. The minimum Gasteiger partial charge on any atom is -0.433 e. The van der Waals surface area contributed by atoms with Gasteiger partial charge in [0.2, 0.25) is 0 Å². The lowest BCUT2D eigenvalue weighted by atomic mass is 9.90. The van der Waals surface area contributed by atoms with E-state index in [1.54, 1.807) is 0 Å². The summed E-state index contributed by atoms with van der Waals surface area (Å²) in [6.07, 6.45) is -0.611. The standard InChI is InChI=1S/C9H14O5/c1-8(2)13-5-9(6-14-8)3-11-7(10)12-4-9/h3-6H2,1-2H3. The van der Waals surface area contributed by atoms with E-state index in [1.165, 1.54) is 0 Å². The van der Waals surface area contributed by atoms with Gasteiger partial charge in [0.15, 0.2) is 5.79 Å². The molecule has 0 amide bonds. The van der Waals surface area contributed by atoms with Crippen molar-refractivity contribution in [2.24, 2.45) is 5.41 Å². The Kier molecular flexibility index (Phi) is 2.16. The fraction of sp³-hybridized carbons (Fsp3) is 0.889. The van der Waals surface area contributed by atoms with Crippen LogP contribution < -0.4 is 0 Å². The lowest BCUT2D eigenvalue weighted by Crippen LogP contribution is -2.53. The number of carbonyl (C=O) groups is 1. The van der Waals surface area contributed by atoms with E-state index in [0.29, 0.717) is 26.4 Å². The van der Waals surface area contributed by atoms with Crippen molar-refractivity contribution in [3.8, 4) is 0 Å². The molecule has 0 aromatic carbocycles. The quantitative estimate of drug-likeness (QED) is 0.547. The number of hydrogen-bond donors (Lipinski definition) is 0. The van der Waals surface area contributed by atoms with Crippen LogP contribution in [0.15, 0.2) is 0 Å². The maximum atomic E-state index is 10.7. The third-order valence-corrected chi connectivity index (χ3v) is 2.44. The summed E-state index contributed by atoms with van der Waals surface area (Å²) in [5.41, 5.74) is -0.316. The Labute approximate surface area is 82.3 Å². The van der Waals surface area contributed by atoms with Crippen molar-refractivity contribution in [1.82, 2.24) is 0 Å². The van der Waals surface area contributed by atoms with Crippen LogP contribution in [-0.4, -0.2) is 38.4 Å². The molecular weight excluding hydrogens is 188 g/mol. The van der Waals surface area contributed by atoms with Crippen LogP contribution in [0.2, 0.25) is 0 Å². The highest BCUT2D eigenvalue weighted by atomic mass is 16.7. The molecule has 0 aromatic heterocycles. The average molecular weight is 202 g/mol. The number of ether oxygens (including phenoxy) is 4. The predicted molar refractivity (Wildman–Crippen MR) is 45.7 cm³/mol. The van der Waals surface area contributed by atoms with Gasteiger partial charge in [-0.2, -0.15) is 0 Å². The SMILES string of the molecule is CC1(C)OCC2(COC(=O)OC2)CO1. The minimum absolute atomic E-state index is 0.307. The van der Waals surface area contributed by atoms with Crippen LogP contribution in [0.5, 0.6) is 0 Å².